The van der Waals surface area contributed by atoms with E-state index in [0.717, 1.165) is 12.1 Å². The zero-order valence-corrected chi connectivity index (χ0v) is 13.0. The summed E-state index contributed by atoms with van der Waals surface area (Å²) in [7, 11) is 0. The average Bonchev–Trinajstić information content (AvgIpc) is 2.54. The fourth-order valence-corrected chi connectivity index (χ4v) is 2.35. The van der Waals surface area contributed by atoms with E-state index in [1.54, 1.807) is 6.07 Å². The second kappa shape index (κ2) is 7.33. The monoisotopic (exact) mass is 338 g/mol. The minimum Gasteiger partial charge on any atom is -0.619 e. The molecule has 0 saturated carbocycles. The van der Waals surface area contributed by atoms with Crippen molar-refractivity contribution in [2.75, 3.05) is 0 Å². The van der Waals surface area contributed by atoms with Gasteiger partial charge in [0, 0.05) is 12.1 Å². The molecule has 1 N–H and O–H groups in total. The molecule has 1 amide bonds. The van der Waals surface area contributed by atoms with Crippen LogP contribution in [0.25, 0.3) is 0 Å². The number of benzene rings is 1. The van der Waals surface area contributed by atoms with Gasteiger partial charge in [-0.3, -0.25) is 4.79 Å². The standard InChI is InChI=1S/C17H17F3N2O2/c1-2-4-15(13-5-3-6-14(11-13)17(18,19)20)21-16(23)12-7-9-22(24)10-8-12/h3,5-11,15H,2,4H2,1H3,(H,21,23). The Labute approximate surface area is 137 Å². The molecule has 1 heterocycles. The van der Waals surface area contributed by atoms with Gasteiger partial charge < -0.3 is 10.5 Å². The number of aromatic nitrogens is 1. The van der Waals surface area contributed by atoms with Crippen LogP contribution < -0.4 is 10.0 Å². The predicted molar refractivity (Wildman–Crippen MR) is 82.0 cm³/mol. The predicted octanol–water partition coefficient (Wildman–Crippen LogP) is 3.61. The number of amides is 1. The third-order valence-electron chi connectivity index (χ3n) is 3.56. The highest BCUT2D eigenvalue weighted by Crippen LogP contribution is 2.31. The van der Waals surface area contributed by atoms with Gasteiger partial charge in [-0.05, 0) is 24.1 Å². The Morgan fingerprint density at radius 2 is 1.92 bits per heavy atom. The molecular weight excluding hydrogens is 321 g/mol. The number of alkyl halides is 3. The van der Waals surface area contributed by atoms with E-state index in [-0.39, 0.29) is 5.56 Å². The van der Waals surface area contributed by atoms with Crippen LogP contribution >= 0.6 is 0 Å². The molecule has 0 aliphatic rings. The summed E-state index contributed by atoms with van der Waals surface area (Å²) in [6.07, 6.45) is -0.863. The topological polar surface area (TPSA) is 56.0 Å². The first-order valence-corrected chi connectivity index (χ1v) is 7.48. The molecule has 1 aromatic heterocycles. The molecule has 0 fully saturated rings. The Hall–Kier alpha value is -2.57. The number of carbonyl (C=O) groups excluding carboxylic acids is 1. The Bertz CT molecular complexity index is 700. The molecule has 1 aromatic carbocycles. The molecule has 0 aliphatic carbocycles. The number of carbonyl (C=O) groups is 1. The van der Waals surface area contributed by atoms with Gasteiger partial charge in [-0.2, -0.15) is 17.9 Å². The maximum Gasteiger partial charge on any atom is 0.416 e. The molecule has 2 aromatic rings. The number of hydrogen-bond acceptors (Lipinski definition) is 2. The van der Waals surface area contributed by atoms with Crippen LogP contribution in [0, 0.1) is 5.21 Å². The number of hydrogen-bond donors (Lipinski definition) is 1. The van der Waals surface area contributed by atoms with Crippen molar-refractivity contribution in [3.63, 3.8) is 0 Å². The molecule has 1 unspecified atom stereocenters. The first-order valence-electron chi connectivity index (χ1n) is 7.48. The lowest BCUT2D eigenvalue weighted by molar-refractivity contribution is -0.605. The van der Waals surface area contributed by atoms with Crippen molar-refractivity contribution < 1.29 is 22.7 Å². The third kappa shape index (κ3) is 4.47. The van der Waals surface area contributed by atoms with Crippen LogP contribution in [0.15, 0.2) is 48.8 Å². The van der Waals surface area contributed by atoms with Crippen molar-refractivity contribution >= 4 is 5.91 Å². The normalized spacial score (nSPS) is 12.7. The van der Waals surface area contributed by atoms with Crippen LogP contribution in [0.4, 0.5) is 13.2 Å². The Morgan fingerprint density at radius 3 is 2.50 bits per heavy atom. The van der Waals surface area contributed by atoms with Crippen LogP contribution in [0.1, 0.15) is 47.3 Å². The minimum absolute atomic E-state index is 0.273. The van der Waals surface area contributed by atoms with E-state index in [1.807, 2.05) is 6.92 Å². The van der Waals surface area contributed by atoms with Crippen LogP contribution in [0.2, 0.25) is 0 Å². The summed E-state index contributed by atoms with van der Waals surface area (Å²) < 4.78 is 39.1. The van der Waals surface area contributed by atoms with Gasteiger partial charge in [0.25, 0.3) is 5.91 Å². The van der Waals surface area contributed by atoms with Crippen molar-refractivity contribution in [3.8, 4) is 0 Å². The van der Waals surface area contributed by atoms with E-state index in [0.29, 0.717) is 23.1 Å². The van der Waals surface area contributed by atoms with Crippen LogP contribution in [-0.2, 0) is 6.18 Å². The molecule has 0 bridgehead atoms. The van der Waals surface area contributed by atoms with Gasteiger partial charge in [0.1, 0.15) is 0 Å². The SMILES string of the molecule is CCCC(NC(=O)c1cc[n+]([O-])cc1)c1cccc(C(F)(F)F)c1. The minimum atomic E-state index is -4.43. The van der Waals surface area contributed by atoms with E-state index in [9.17, 15) is 23.2 Å². The van der Waals surface area contributed by atoms with Crippen molar-refractivity contribution in [2.45, 2.75) is 32.0 Å². The van der Waals surface area contributed by atoms with Gasteiger partial charge in [-0.1, -0.05) is 25.5 Å². The number of rotatable bonds is 5. The molecule has 0 saturated heterocycles. The molecule has 2 rings (SSSR count). The van der Waals surface area contributed by atoms with E-state index >= 15 is 0 Å². The third-order valence-corrected chi connectivity index (χ3v) is 3.56. The number of halogens is 3. The summed E-state index contributed by atoms with van der Waals surface area (Å²) in [6.45, 7) is 1.88. The van der Waals surface area contributed by atoms with Crippen LogP contribution in [-0.4, -0.2) is 5.91 Å². The fourth-order valence-electron chi connectivity index (χ4n) is 2.35. The smallest absolute Gasteiger partial charge is 0.416 e. The molecular formula is C17H17F3N2O2. The van der Waals surface area contributed by atoms with Crippen molar-refractivity contribution in [1.29, 1.82) is 0 Å². The molecule has 128 valence electrons. The highest BCUT2D eigenvalue weighted by Gasteiger charge is 2.31. The zero-order chi connectivity index (χ0) is 17.7. The van der Waals surface area contributed by atoms with Crippen LogP contribution in [0.3, 0.4) is 0 Å². The number of nitrogens with one attached hydrogen (secondary N) is 1. The summed E-state index contributed by atoms with van der Waals surface area (Å²) in [5, 5.41) is 13.7. The molecule has 0 radical (unpaired) electrons. The summed E-state index contributed by atoms with van der Waals surface area (Å²) in [5.41, 5.74) is -0.0764. The van der Waals surface area contributed by atoms with Crippen molar-refractivity contribution in [3.05, 3.63) is 70.7 Å². The summed E-state index contributed by atoms with van der Waals surface area (Å²) in [4.78, 5) is 12.3. The lowest BCUT2D eigenvalue weighted by Gasteiger charge is -2.20. The van der Waals surface area contributed by atoms with Gasteiger partial charge >= 0.3 is 6.18 Å². The lowest BCUT2D eigenvalue weighted by atomic mass is 9.99. The van der Waals surface area contributed by atoms with Gasteiger partial charge in [0.2, 0.25) is 0 Å². The molecule has 1 atom stereocenters. The molecule has 7 heteroatoms. The molecule has 0 aliphatic heterocycles. The van der Waals surface area contributed by atoms with E-state index in [2.05, 4.69) is 5.32 Å². The summed E-state index contributed by atoms with van der Waals surface area (Å²) in [6, 6.07) is 7.12. The Morgan fingerprint density at radius 1 is 1.25 bits per heavy atom. The first-order chi connectivity index (χ1) is 11.3. The Kier molecular flexibility index (Phi) is 5.43. The fraction of sp³-hybridized carbons (Fsp3) is 0.294. The first kappa shape index (κ1) is 17.8. The largest absolute Gasteiger partial charge is 0.619 e. The van der Waals surface area contributed by atoms with E-state index in [1.165, 1.54) is 30.6 Å². The Balaban J connectivity index is 2.23. The molecule has 4 nitrogen and oxygen atoms in total. The second-order valence-corrected chi connectivity index (χ2v) is 5.38. The van der Waals surface area contributed by atoms with E-state index in [4.69, 9.17) is 0 Å². The van der Waals surface area contributed by atoms with Gasteiger partial charge in [0.05, 0.1) is 17.2 Å². The second-order valence-electron chi connectivity index (χ2n) is 5.38. The van der Waals surface area contributed by atoms with Crippen molar-refractivity contribution in [2.24, 2.45) is 0 Å². The maximum absolute atomic E-state index is 12.9. The highest BCUT2D eigenvalue weighted by molar-refractivity contribution is 5.94. The number of pyridine rings is 1. The van der Waals surface area contributed by atoms with Gasteiger partial charge in [-0.15, -0.1) is 0 Å². The average molecular weight is 338 g/mol. The number of nitrogens with zero attached hydrogens (tertiary/aromatic N) is 1. The van der Waals surface area contributed by atoms with E-state index < -0.39 is 23.7 Å². The zero-order valence-electron chi connectivity index (χ0n) is 13.0. The van der Waals surface area contributed by atoms with Gasteiger partial charge in [0.15, 0.2) is 12.4 Å². The van der Waals surface area contributed by atoms with Crippen molar-refractivity contribution in [1.82, 2.24) is 5.32 Å². The quantitative estimate of drug-likeness (QED) is 0.669. The van der Waals surface area contributed by atoms with Crippen LogP contribution in [0.5, 0.6) is 0 Å². The summed E-state index contributed by atoms with van der Waals surface area (Å²) >= 11 is 0. The molecule has 0 spiro atoms. The highest BCUT2D eigenvalue weighted by atomic mass is 19.4. The summed E-state index contributed by atoms with van der Waals surface area (Å²) in [5.74, 6) is -0.438. The maximum atomic E-state index is 12.9. The molecule has 24 heavy (non-hydrogen) atoms. The lowest BCUT2D eigenvalue weighted by Crippen LogP contribution is -2.30. The van der Waals surface area contributed by atoms with Gasteiger partial charge in [-0.25, -0.2) is 0 Å².